The van der Waals surface area contributed by atoms with E-state index in [4.69, 9.17) is 0 Å². The fourth-order valence-corrected chi connectivity index (χ4v) is 2.83. The van der Waals surface area contributed by atoms with E-state index in [1.54, 1.807) is 6.07 Å². The number of aryl methyl sites for hydroxylation is 1. The monoisotopic (exact) mass is 274 g/mol. The van der Waals surface area contributed by atoms with Gasteiger partial charge in [-0.15, -0.1) is 0 Å². The summed E-state index contributed by atoms with van der Waals surface area (Å²) in [5, 5.41) is 7.93. The second-order valence-corrected chi connectivity index (χ2v) is 6.66. The van der Waals surface area contributed by atoms with Crippen LogP contribution in [-0.4, -0.2) is 20.7 Å². The van der Waals surface area contributed by atoms with Crippen LogP contribution in [0.15, 0.2) is 16.9 Å². The van der Waals surface area contributed by atoms with Crippen molar-refractivity contribution in [3.05, 3.63) is 33.9 Å². The number of nitrogens with one attached hydrogen (secondary N) is 1. The summed E-state index contributed by atoms with van der Waals surface area (Å²) in [6, 6.07) is 4.03. The Balaban J connectivity index is 2.21. The molecule has 5 heteroatoms. The predicted molar refractivity (Wildman–Crippen MR) is 79.1 cm³/mol. The largest absolute Gasteiger partial charge is 0.331 e. The molecule has 1 N–H and O–H groups in total. The van der Waals surface area contributed by atoms with E-state index in [1.165, 1.54) is 4.52 Å². The van der Waals surface area contributed by atoms with Crippen molar-refractivity contribution < 1.29 is 0 Å². The van der Waals surface area contributed by atoms with Gasteiger partial charge in [0.15, 0.2) is 0 Å². The van der Waals surface area contributed by atoms with Crippen molar-refractivity contribution in [3.63, 3.8) is 0 Å². The Labute approximate surface area is 118 Å². The Morgan fingerprint density at radius 2 is 2.10 bits per heavy atom. The van der Waals surface area contributed by atoms with Crippen LogP contribution in [0.5, 0.6) is 0 Å². The summed E-state index contributed by atoms with van der Waals surface area (Å²) >= 11 is 0. The first-order valence-corrected chi connectivity index (χ1v) is 7.21. The molecule has 2 aromatic rings. The third-order valence-electron chi connectivity index (χ3n) is 4.09. The smallest absolute Gasteiger partial charge is 0.274 e. The van der Waals surface area contributed by atoms with E-state index in [-0.39, 0.29) is 17.0 Å². The summed E-state index contributed by atoms with van der Waals surface area (Å²) in [5.74, 6) is 0. The molecule has 1 saturated heterocycles. The molecule has 1 unspecified atom stereocenters. The van der Waals surface area contributed by atoms with Gasteiger partial charge in [-0.3, -0.25) is 4.79 Å². The molecule has 5 nitrogen and oxygen atoms in total. The Morgan fingerprint density at radius 3 is 2.70 bits per heavy atom. The highest BCUT2D eigenvalue weighted by molar-refractivity contribution is 5.43. The van der Waals surface area contributed by atoms with Gasteiger partial charge in [0.2, 0.25) is 0 Å². The number of nitrogens with zero attached hydrogens (tertiary/aromatic N) is 3. The predicted octanol–water partition coefficient (Wildman–Crippen LogP) is 1.75. The lowest BCUT2D eigenvalue weighted by molar-refractivity contribution is 0.559. The molecule has 1 aliphatic rings. The molecule has 0 aliphatic carbocycles. The van der Waals surface area contributed by atoms with Crippen molar-refractivity contribution in [2.45, 2.75) is 45.1 Å². The second kappa shape index (κ2) is 4.45. The van der Waals surface area contributed by atoms with E-state index in [1.807, 2.05) is 13.1 Å². The maximum atomic E-state index is 12.3. The first-order valence-electron chi connectivity index (χ1n) is 7.21. The van der Waals surface area contributed by atoms with Crippen molar-refractivity contribution in [2.24, 2.45) is 7.05 Å². The third kappa shape index (κ3) is 2.06. The van der Waals surface area contributed by atoms with Gasteiger partial charge < -0.3 is 9.88 Å². The molecule has 20 heavy (non-hydrogen) atoms. The molecule has 0 aromatic carbocycles. The highest BCUT2D eigenvalue weighted by atomic mass is 16.1. The van der Waals surface area contributed by atoms with Gasteiger partial charge in [0.1, 0.15) is 5.65 Å². The number of hydrogen-bond donors (Lipinski definition) is 1. The fourth-order valence-electron chi connectivity index (χ4n) is 2.83. The van der Waals surface area contributed by atoms with Crippen LogP contribution >= 0.6 is 0 Å². The molecular weight excluding hydrogens is 252 g/mol. The molecule has 3 heterocycles. The van der Waals surface area contributed by atoms with Gasteiger partial charge in [-0.25, -0.2) is 0 Å². The van der Waals surface area contributed by atoms with Crippen LogP contribution < -0.4 is 10.9 Å². The van der Waals surface area contributed by atoms with Gasteiger partial charge in [-0.1, -0.05) is 20.8 Å². The van der Waals surface area contributed by atoms with E-state index >= 15 is 0 Å². The molecule has 0 spiro atoms. The van der Waals surface area contributed by atoms with E-state index in [0.29, 0.717) is 0 Å². The number of rotatable bonds is 1. The van der Waals surface area contributed by atoms with Crippen LogP contribution in [0.25, 0.3) is 5.65 Å². The molecule has 0 saturated carbocycles. The van der Waals surface area contributed by atoms with Gasteiger partial charge in [-0.05, 0) is 19.4 Å². The topological polar surface area (TPSA) is 51.3 Å². The maximum Gasteiger partial charge on any atom is 0.274 e. The Bertz CT molecular complexity index is 699. The van der Waals surface area contributed by atoms with Crippen molar-refractivity contribution in [3.8, 4) is 0 Å². The zero-order valence-electron chi connectivity index (χ0n) is 12.6. The zero-order valence-corrected chi connectivity index (χ0v) is 12.6. The van der Waals surface area contributed by atoms with Crippen molar-refractivity contribution in [1.82, 2.24) is 19.5 Å². The molecule has 3 rings (SSSR count). The molecular formula is C15H22N4O. The minimum absolute atomic E-state index is 0.0442. The molecule has 1 aliphatic heterocycles. The maximum absolute atomic E-state index is 12.3. The minimum atomic E-state index is -0.0583. The van der Waals surface area contributed by atoms with Crippen LogP contribution in [0.1, 0.15) is 51.0 Å². The molecule has 2 aromatic heterocycles. The second-order valence-electron chi connectivity index (χ2n) is 6.66. The summed E-state index contributed by atoms with van der Waals surface area (Å²) in [4.78, 5) is 12.3. The van der Waals surface area contributed by atoms with E-state index < -0.39 is 0 Å². The lowest BCUT2D eigenvalue weighted by atomic mass is 9.93. The van der Waals surface area contributed by atoms with Crippen LogP contribution in [0.3, 0.4) is 0 Å². The Morgan fingerprint density at radius 1 is 1.35 bits per heavy atom. The molecule has 108 valence electrons. The zero-order chi connectivity index (χ0) is 14.5. The molecule has 0 bridgehead atoms. The SMILES string of the molecule is Cn1c(C2CCCN2)cc(=O)n2nc(C(C)(C)C)cc12. The van der Waals surface area contributed by atoms with Crippen molar-refractivity contribution in [1.29, 1.82) is 0 Å². The average Bonchev–Trinajstić information content (AvgIpc) is 3.00. The summed E-state index contributed by atoms with van der Waals surface area (Å²) in [6.07, 6.45) is 2.25. The highest BCUT2D eigenvalue weighted by Gasteiger charge is 2.23. The number of aromatic nitrogens is 3. The van der Waals surface area contributed by atoms with Gasteiger partial charge in [0, 0.05) is 36.3 Å². The first-order chi connectivity index (χ1) is 9.38. The highest BCUT2D eigenvalue weighted by Crippen LogP contribution is 2.25. The lowest BCUT2D eigenvalue weighted by Crippen LogP contribution is -2.24. The first kappa shape index (κ1) is 13.4. The van der Waals surface area contributed by atoms with Crippen LogP contribution in [-0.2, 0) is 12.5 Å². The third-order valence-corrected chi connectivity index (χ3v) is 4.09. The normalized spacial score (nSPS) is 19.9. The van der Waals surface area contributed by atoms with Gasteiger partial charge in [0.25, 0.3) is 5.56 Å². The molecule has 0 amide bonds. The summed E-state index contributed by atoms with van der Waals surface area (Å²) in [5.41, 5.74) is 2.77. The van der Waals surface area contributed by atoms with Gasteiger partial charge in [-0.2, -0.15) is 9.61 Å². The van der Waals surface area contributed by atoms with Gasteiger partial charge in [0.05, 0.1) is 5.69 Å². The standard InChI is InChI=1S/C15H22N4O/c1-15(2,3)12-9-13-18(4)11(10-6-5-7-16-10)8-14(20)19(13)17-12/h8-10,16H,5-7H2,1-4H3. The van der Waals surface area contributed by atoms with Gasteiger partial charge >= 0.3 is 0 Å². The van der Waals surface area contributed by atoms with Crippen LogP contribution in [0.2, 0.25) is 0 Å². The fraction of sp³-hybridized carbons (Fsp3) is 0.600. The quantitative estimate of drug-likeness (QED) is 0.862. The van der Waals surface area contributed by atoms with E-state index in [0.717, 1.165) is 36.4 Å². The summed E-state index contributed by atoms with van der Waals surface area (Å²) < 4.78 is 3.60. The molecule has 1 atom stereocenters. The number of fused-ring (bicyclic) bond motifs is 1. The molecule has 1 fully saturated rings. The molecule has 0 radical (unpaired) electrons. The Kier molecular flexibility index (Phi) is 2.97. The Hall–Kier alpha value is -1.62. The van der Waals surface area contributed by atoms with E-state index in [9.17, 15) is 4.79 Å². The number of hydrogen-bond acceptors (Lipinski definition) is 3. The van der Waals surface area contributed by atoms with Crippen LogP contribution in [0.4, 0.5) is 0 Å². The minimum Gasteiger partial charge on any atom is -0.331 e. The summed E-state index contributed by atoms with van der Waals surface area (Å²) in [7, 11) is 2.01. The van der Waals surface area contributed by atoms with Crippen molar-refractivity contribution >= 4 is 5.65 Å². The average molecular weight is 274 g/mol. The van der Waals surface area contributed by atoms with Crippen LogP contribution in [0, 0.1) is 0 Å². The summed E-state index contributed by atoms with van der Waals surface area (Å²) in [6.45, 7) is 7.35. The van der Waals surface area contributed by atoms with Crippen molar-refractivity contribution in [2.75, 3.05) is 6.54 Å². The van der Waals surface area contributed by atoms with E-state index in [2.05, 4.69) is 35.8 Å². The lowest BCUT2D eigenvalue weighted by Gasteiger charge is -2.16.